The number of benzene rings is 2. The van der Waals surface area contributed by atoms with Crippen LogP contribution in [0.25, 0.3) is 0 Å². The molecule has 1 aliphatic heterocycles. The minimum absolute atomic E-state index is 0.0374. The highest BCUT2D eigenvalue weighted by molar-refractivity contribution is 7.89. The van der Waals surface area contributed by atoms with E-state index in [9.17, 15) is 18.0 Å². The first-order chi connectivity index (χ1) is 13.1. The molecule has 148 valence electrons. The van der Waals surface area contributed by atoms with E-state index in [1.54, 1.807) is 0 Å². The molecule has 1 heterocycles. The van der Waals surface area contributed by atoms with Gasteiger partial charge in [0, 0.05) is 18.1 Å². The Morgan fingerprint density at radius 3 is 2.32 bits per heavy atom. The van der Waals surface area contributed by atoms with E-state index in [1.807, 2.05) is 51.1 Å². The fraction of sp³-hybridized carbons (Fsp3) is 0.300. The molecule has 2 aromatic rings. The monoisotopic (exact) mass is 401 g/mol. The van der Waals surface area contributed by atoms with E-state index < -0.39 is 27.4 Å². The molecule has 0 aromatic heterocycles. The number of imide groups is 1. The molecule has 8 heteroatoms. The largest absolute Gasteiger partial charge is 0.304 e. The Bertz CT molecular complexity index is 1020. The van der Waals surface area contributed by atoms with Crippen molar-refractivity contribution in [3.8, 4) is 0 Å². The van der Waals surface area contributed by atoms with Crippen LogP contribution < -0.4 is 15.4 Å². The van der Waals surface area contributed by atoms with Crippen molar-refractivity contribution in [3.05, 3.63) is 65.2 Å². The van der Waals surface area contributed by atoms with Gasteiger partial charge in [-0.3, -0.25) is 14.9 Å². The van der Waals surface area contributed by atoms with Gasteiger partial charge >= 0.3 is 0 Å². The Morgan fingerprint density at radius 1 is 1.00 bits per heavy atom. The molecule has 0 bridgehead atoms. The summed E-state index contributed by atoms with van der Waals surface area (Å²) in [5, 5.41) is 5.57. The summed E-state index contributed by atoms with van der Waals surface area (Å²) in [6.45, 7) is 5.98. The van der Waals surface area contributed by atoms with Gasteiger partial charge in [-0.2, -0.15) is 0 Å². The van der Waals surface area contributed by atoms with Gasteiger partial charge in [-0.1, -0.05) is 30.3 Å². The third-order valence-electron chi connectivity index (χ3n) is 4.63. The van der Waals surface area contributed by atoms with E-state index in [1.165, 1.54) is 18.2 Å². The molecule has 0 fully saturated rings. The van der Waals surface area contributed by atoms with Crippen LogP contribution in [0.2, 0.25) is 0 Å². The number of sulfonamides is 1. The summed E-state index contributed by atoms with van der Waals surface area (Å²) in [6.07, 6.45) is 0. The van der Waals surface area contributed by atoms with E-state index in [0.29, 0.717) is 0 Å². The maximum Gasteiger partial charge on any atom is 0.258 e. The normalized spacial score (nSPS) is 15.2. The van der Waals surface area contributed by atoms with Crippen LogP contribution in [0, 0.1) is 0 Å². The highest BCUT2D eigenvalue weighted by Crippen LogP contribution is 2.21. The molecule has 2 aromatic carbocycles. The average Bonchev–Trinajstić information content (AvgIpc) is 2.94. The number of amides is 2. The van der Waals surface area contributed by atoms with Crippen molar-refractivity contribution in [2.45, 2.75) is 37.2 Å². The zero-order valence-corrected chi connectivity index (χ0v) is 16.8. The zero-order valence-electron chi connectivity index (χ0n) is 15.9. The van der Waals surface area contributed by atoms with Crippen LogP contribution in [0.4, 0.5) is 0 Å². The van der Waals surface area contributed by atoms with Gasteiger partial charge in [0.15, 0.2) is 0 Å². The Morgan fingerprint density at radius 2 is 1.64 bits per heavy atom. The van der Waals surface area contributed by atoms with Gasteiger partial charge in [0.25, 0.3) is 11.8 Å². The molecule has 28 heavy (non-hydrogen) atoms. The second-order valence-electron chi connectivity index (χ2n) is 7.48. The molecule has 3 rings (SSSR count). The van der Waals surface area contributed by atoms with Gasteiger partial charge in [0.05, 0.1) is 16.0 Å². The van der Waals surface area contributed by atoms with Crippen LogP contribution in [0.15, 0.2) is 53.4 Å². The lowest BCUT2D eigenvalue weighted by Crippen LogP contribution is -2.49. The van der Waals surface area contributed by atoms with Crippen molar-refractivity contribution in [1.82, 2.24) is 15.4 Å². The van der Waals surface area contributed by atoms with Gasteiger partial charge < -0.3 is 5.32 Å². The van der Waals surface area contributed by atoms with Crippen LogP contribution in [-0.4, -0.2) is 32.3 Å². The summed E-state index contributed by atoms with van der Waals surface area (Å²) >= 11 is 0. The first kappa shape index (κ1) is 20.2. The Hall–Kier alpha value is -2.55. The zero-order chi connectivity index (χ0) is 20.5. The lowest BCUT2D eigenvalue weighted by atomic mass is 10.0. The smallest absolute Gasteiger partial charge is 0.258 e. The third kappa shape index (κ3) is 4.30. The Balaban J connectivity index is 1.70. The summed E-state index contributed by atoms with van der Waals surface area (Å²) < 4.78 is 27.9. The van der Waals surface area contributed by atoms with Crippen LogP contribution >= 0.6 is 0 Å². The Kier molecular flexibility index (Phi) is 5.38. The number of hydrogen-bond donors (Lipinski definition) is 3. The molecule has 7 nitrogen and oxygen atoms in total. The third-order valence-corrected chi connectivity index (χ3v) is 6.03. The van der Waals surface area contributed by atoms with E-state index in [2.05, 4.69) is 15.4 Å². The molecule has 0 saturated heterocycles. The molecule has 0 saturated carbocycles. The van der Waals surface area contributed by atoms with Gasteiger partial charge in [-0.25, -0.2) is 13.1 Å². The van der Waals surface area contributed by atoms with Crippen molar-refractivity contribution in [1.29, 1.82) is 0 Å². The molecular formula is C20H23N3O4S. The second-order valence-corrected chi connectivity index (χ2v) is 9.24. The number of nitrogens with one attached hydrogen (secondary N) is 3. The van der Waals surface area contributed by atoms with E-state index in [-0.39, 0.29) is 28.6 Å². The number of fused-ring (bicyclic) bond motifs is 1. The summed E-state index contributed by atoms with van der Waals surface area (Å²) in [6, 6.07) is 13.8. The van der Waals surface area contributed by atoms with Crippen LogP contribution in [0.3, 0.4) is 0 Å². The lowest BCUT2D eigenvalue weighted by molar-refractivity contribution is 0.0879. The number of hydrogen-bond acceptors (Lipinski definition) is 5. The number of rotatable bonds is 7. The van der Waals surface area contributed by atoms with Crippen molar-refractivity contribution < 1.29 is 18.0 Å². The molecule has 1 atom stereocenters. The van der Waals surface area contributed by atoms with Gasteiger partial charge in [0.2, 0.25) is 10.0 Å². The second kappa shape index (κ2) is 7.46. The lowest BCUT2D eigenvalue weighted by Gasteiger charge is -2.30. The number of carbonyl (C=O) groups is 2. The minimum Gasteiger partial charge on any atom is -0.304 e. The number of carbonyl (C=O) groups excluding carboxylic acids is 2. The Labute approximate surface area is 164 Å². The van der Waals surface area contributed by atoms with Crippen molar-refractivity contribution in [2.75, 3.05) is 6.54 Å². The molecule has 1 unspecified atom stereocenters. The molecule has 0 radical (unpaired) electrons. The fourth-order valence-corrected chi connectivity index (χ4v) is 4.37. The highest BCUT2D eigenvalue weighted by atomic mass is 32.2. The van der Waals surface area contributed by atoms with E-state index in [4.69, 9.17) is 0 Å². The predicted molar refractivity (Wildman–Crippen MR) is 105 cm³/mol. The molecule has 0 aliphatic carbocycles. The molecule has 0 spiro atoms. The van der Waals surface area contributed by atoms with Gasteiger partial charge in [-0.05, 0) is 44.5 Å². The van der Waals surface area contributed by atoms with Crippen molar-refractivity contribution in [2.24, 2.45) is 0 Å². The maximum absolute atomic E-state index is 12.7. The quantitative estimate of drug-likeness (QED) is 0.616. The predicted octanol–water partition coefficient (Wildman–Crippen LogP) is 1.98. The first-order valence-electron chi connectivity index (χ1n) is 8.91. The highest BCUT2D eigenvalue weighted by Gasteiger charge is 2.29. The fourth-order valence-electron chi connectivity index (χ4n) is 3.14. The van der Waals surface area contributed by atoms with Crippen LogP contribution in [0.5, 0.6) is 0 Å². The molecular weight excluding hydrogens is 378 g/mol. The minimum atomic E-state index is -3.84. The van der Waals surface area contributed by atoms with Gasteiger partial charge in [-0.15, -0.1) is 0 Å². The molecule has 1 aliphatic rings. The summed E-state index contributed by atoms with van der Waals surface area (Å²) in [7, 11) is -3.84. The van der Waals surface area contributed by atoms with E-state index >= 15 is 0 Å². The van der Waals surface area contributed by atoms with Crippen LogP contribution in [-0.2, 0) is 10.0 Å². The topological polar surface area (TPSA) is 104 Å². The van der Waals surface area contributed by atoms with Crippen molar-refractivity contribution >= 4 is 21.8 Å². The average molecular weight is 401 g/mol. The van der Waals surface area contributed by atoms with Gasteiger partial charge in [0.1, 0.15) is 0 Å². The molecule has 3 N–H and O–H groups in total. The van der Waals surface area contributed by atoms with E-state index in [0.717, 1.165) is 5.56 Å². The first-order valence-corrected chi connectivity index (χ1v) is 10.4. The summed E-state index contributed by atoms with van der Waals surface area (Å²) in [5.41, 5.74) is 0.838. The standard InChI is InChI=1S/C20H23N3O4S/c1-13(14-7-5-4-6-8-14)23-20(2,3)12-21-28(26,27)15-9-10-16-17(11-15)19(25)22-18(16)24/h4-11,13,21,23H,12H2,1-3H3,(H,22,24,25). The molecule has 2 amide bonds. The SMILES string of the molecule is CC(NC(C)(C)CNS(=O)(=O)c1ccc2c(c1)C(=O)NC2=O)c1ccccc1. The van der Waals surface area contributed by atoms with Crippen LogP contribution in [0.1, 0.15) is 53.1 Å². The summed E-state index contributed by atoms with van der Waals surface area (Å²) in [4.78, 5) is 23.3. The van der Waals surface area contributed by atoms with Crippen molar-refractivity contribution in [3.63, 3.8) is 0 Å². The maximum atomic E-state index is 12.7. The summed E-state index contributed by atoms with van der Waals surface area (Å²) in [5.74, 6) is -1.10.